The van der Waals surface area contributed by atoms with E-state index in [2.05, 4.69) is 27.4 Å². The van der Waals surface area contributed by atoms with Crippen molar-refractivity contribution in [3.8, 4) is 0 Å². The first-order valence-corrected chi connectivity index (χ1v) is 13.5. The van der Waals surface area contributed by atoms with Gasteiger partial charge in [-0.2, -0.15) is 5.10 Å². The monoisotopic (exact) mass is 540 g/mol. The van der Waals surface area contributed by atoms with Gasteiger partial charge < -0.3 is 25.0 Å². The van der Waals surface area contributed by atoms with Crippen LogP contribution >= 0.6 is 11.8 Å². The molecule has 0 radical (unpaired) electrons. The molecule has 0 bridgehead atoms. The van der Waals surface area contributed by atoms with Gasteiger partial charge in [-0.1, -0.05) is 67.2 Å². The van der Waals surface area contributed by atoms with Crippen LogP contribution in [0.15, 0.2) is 60.0 Å². The van der Waals surface area contributed by atoms with Crippen LogP contribution < -0.4 is 5.32 Å². The second kappa shape index (κ2) is 13.5. The average molecular weight is 541 g/mol. The fourth-order valence-electron chi connectivity index (χ4n) is 4.22. The third kappa shape index (κ3) is 7.64. The van der Waals surface area contributed by atoms with Gasteiger partial charge in [0.05, 0.1) is 18.8 Å². The summed E-state index contributed by atoms with van der Waals surface area (Å²) < 4.78 is 12.9. The highest BCUT2D eigenvalue weighted by Crippen LogP contribution is 2.42. The van der Waals surface area contributed by atoms with E-state index in [9.17, 15) is 14.7 Å². The van der Waals surface area contributed by atoms with Crippen molar-refractivity contribution < 1.29 is 29.3 Å². The number of carbonyl (C=O) groups is 2. The van der Waals surface area contributed by atoms with Crippen LogP contribution in [0, 0.1) is 5.92 Å². The Morgan fingerprint density at radius 3 is 2.39 bits per heavy atom. The van der Waals surface area contributed by atoms with Crippen molar-refractivity contribution >= 4 is 23.6 Å². The number of nitrogens with zero attached hydrogens (tertiary/aromatic N) is 2. The molecule has 0 unspecified atom stereocenters. The molecular weight excluding hydrogens is 508 g/mol. The number of aliphatic hydroxyl groups is 1. The molecule has 0 aliphatic carbocycles. The van der Waals surface area contributed by atoms with Crippen LogP contribution in [0.5, 0.6) is 0 Å². The summed E-state index contributed by atoms with van der Waals surface area (Å²) in [6.07, 6.45) is 1.02. The maximum atomic E-state index is 12.0. The number of hydrogen-bond donors (Lipinski definition) is 4. The normalized spacial score (nSPS) is 21.2. The van der Waals surface area contributed by atoms with E-state index >= 15 is 0 Å². The molecule has 0 saturated carbocycles. The summed E-state index contributed by atoms with van der Waals surface area (Å²) in [5.74, 6) is -0.367. The van der Waals surface area contributed by atoms with E-state index in [0.29, 0.717) is 18.7 Å². The number of carbonyl (C=O) groups excluding carboxylic acids is 1. The van der Waals surface area contributed by atoms with Crippen molar-refractivity contribution in [2.45, 2.75) is 63.0 Å². The van der Waals surface area contributed by atoms with Crippen molar-refractivity contribution in [2.24, 2.45) is 5.92 Å². The number of nitrogens with one attached hydrogen (secondary N) is 2. The predicted molar refractivity (Wildman–Crippen MR) is 140 cm³/mol. The average Bonchev–Trinajstić information content (AvgIpc) is 3.45. The Balaban J connectivity index is 1.43. The van der Waals surface area contributed by atoms with Gasteiger partial charge in [-0.15, -0.1) is 0 Å². The lowest BCUT2D eigenvalue weighted by atomic mass is 9.91. The number of rotatable bonds is 12. The SMILES string of the molecule is C[C@H]1[C@@H](CSc2ncn[nH]2)O[C@@H](c2ccc(CNC(=O)CCCC(=O)O)cc2)O[C@H]1c1ccc(CO)cc1. The van der Waals surface area contributed by atoms with Crippen molar-refractivity contribution in [1.82, 2.24) is 20.5 Å². The van der Waals surface area contributed by atoms with Crippen LogP contribution in [0.2, 0.25) is 0 Å². The van der Waals surface area contributed by atoms with E-state index in [1.54, 1.807) is 11.8 Å². The van der Waals surface area contributed by atoms with Gasteiger partial charge in [-0.25, -0.2) is 4.98 Å². The smallest absolute Gasteiger partial charge is 0.303 e. The molecule has 4 atom stereocenters. The van der Waals surface area contributed by atoms with E-state index in [4.69, 9.17) is 14.6 Å². The standard InChI is InChI=1S/C27H32N4O6S/c1-17-22(15-38-27-29-16-30-31-27)36-26(37-25(17)20-9-7-19(14-32)8-10-20)21-11-5-18(6-12-21)13-28-23(33)3-2-4-24(34)35/h5-12,16-17,22,25-26,32H,2-4,13-15H2,1H3,(H,28,33)(H,34,35)(H,29,30,31)/t17-,22+,25+,26+/m0/s1. The number of carboxylic acid groups (broad SMARTS) is 1. The van der Waals surface area contributed by atoms with Crippen LogP contribution in [0.4, 0.5) is 0 Å². The molecule has 1 aliphatic heterocycles. The van der Waals surface area contributed by atoms with E-state index in [0.717, 1.165) is 27.4 Å². The van der Waals surface area contributed by atoms with E-state index < -0.39 is 12.3 Å². The number of benzene rings is 2. The first kappa shape index (κ1) is 27.8. The van der Waals surface area contributed by atoms with Crippen LogP contribution in [0.3, 0.4) is 0 Å². The largest absolute Gasteiger partial charge is 0.481 e. The summed E-state index contributed by atoms with van der Waals surface area (Å²) in [4.78, 5) is 26.8. The Kier molecular flexibility index (Phi) is 9.88. The molecule has 1 saturated heterocycles. The molecule has 1 aromatic heterocycles. The fourth-order valence-corrected chi connectivity index (χ4v) is 5.16. The molecule has 4 N–H and O–H groups in total. The number of aromatic nitrogens is 3. The van der Waals surface area contributed by atoms with Crippen LogP contribution in [0.1, 0.15) is 60.8 Å². The number of H-pyrrole nitrogens is 1. The summed E-state index contributed by atoms with van der Waals surface area (Å²) in [5, 5.41) is 28.5. The summed E-state index contributed by atoms with van der Waals surface area (Å²) >= 11 is 1.54. The summed E-state index contributed by atoms with van der Waals surface area (Å²) in [5.41, 5.74) is 3.63. The van der Waals surface area contributed by atoms with Gasteiger partial charge in [0.25, 0.3) is 0 Å². The minimum absolute atomic E-state index is 0.0152. The molecule has 2 aromatic carbocycles. The molecule has 2 heterocycles. The molecular formula is C27H32N4O6S. The molecule has 11 heteroatoms. The Morgan fingerprint density at radius 1 is 1.03 bits per heavy atom. The first-order valence-electron chi connectivity index (χ1n) is 12.5. The number of ether oxygens (including phenoxy) is 2. The highest BCUT2D eigenvalue weighted by Gasteiger charge is 2.38. The Morgan fingerprint density at radius 2 is 1.74 bits per heavy atom. The molecule has 4 rings (SSSR count). The highest BCUT2D eigenvalue weighted by atomic mass is 32.2. The minimum atomic E-state index is -0.904. The van der Waals surface area contributed by atoms with Crippen LogP contribution in [-0.4, -0.2) is 49.1 Å². The summed E-state index contributed by atoms with van der Waals surface area (Å²) in [6.45, 7) is 2.44. The van der Waals surface area contributed by atoms with Crippen molar-refractivity contribution in [2.75, 3.05) is 5.75 Å². The second-order valence-electron chi connectivity index (χ2n) is 9.19. The first-order chi connectivity index (χ1) is 18.4. The zero-order valence-corrected chi connectivity index (χ0v) is 21.9. The maximum Gasteiger partial charge on any atom is 0.303 e. The zero-order chi connectivity index (χ0) is 26.9. The van der Waals surface area contributed by atoms with Crippen molar-refractivity contribution in [1.29, 1.82) is 0 Å². The van der Waals surface area contributed by atoms with Gasteiger partial charge in [-0.05, 0) is 23.1 Å². The molecule has 1 fully saturated rings. The van der Waals surface area contributed by atoms with Gasteiger partial charge >= 0.3 is 5.97 Å². The number of carboxylic acids is 1. The quantitative estimate of drug-likeness (QED) is 0.252. The molecule has 0 spiro atoms. The molecule has 38 heavy (non-hydrogen) atoms. The molecule has 3 aromatic rings. The lowest BCUT2D eigenvalue weighted by Gasteiger charge is -2.41. The number of aliphatic hydroxyl groups excluding tert-OH is 1. The molecule has 202 valence electrons. The maximum absolute atomic E-state index is 12.0. The number of thioether (sulfide) groups is 1. The summed E-state index contributed by atoms with van der Waals surface area (Å²) in [6, 6.07) is 15.5. The zero-order valence-electron chi connectivity index (χ0n) is 21.1. The molecule has 1 aliphatic rings. The lowest BCUT2D eigenvalue weighted by molar-refractivity contribution is -0.268. The van der Waals surface area contributed by atoms with Crippen LogP contribution in [0.25, 0.3) is 0 Å². The van der Waals surface area contributed by atoms with E-state index in [-0.39, 0.29) is 43.5 Å². The topological polar surface area (TPSA) is 147 Å². The van der Waals surface area contributed by atoms with Gasteiger partial charge in [0.1, 0.15) is 6.33 Å². The number of aromatic amines is 1. The van der Waals surface area contributed by atoms with Crippen LogP contribution in [-0.2, 0) is 32.2 Å². The minimum Gasteiger partial charge on any atom is -0.481 e. The van der Waals surface area contributed by atoms with Gasteiger partial charge in [-0.3, -0.25) is 14.7 Å². The van der Waals surface area contributed by atoms with Crippen molar-refractivity contribution in [3.05, 3.63) is 77.1 Å². The van der Waals surface area contributed by atoms with Crippen molar-refractivity contribution in [3.63, 3.8) is 0 Å². The third-order valence-electron chi connectivity index (χ3n) is 6.44. The third-order valence-corrected chi connectivity index (χ3v) is 7.40. The Hall–Kier alpha value is -3.25. The number of aliphatic carboxylic acids is 1. The fraction of sp³-hybridized carbons (Fsp3) is 0.407. The summed E-state index contributed by atoms with van der Waals surface area (Å²) in [7, 11) is 0. The predicted octanol–water partition coefficient (Wildman–Crippen LogP) is 3.75. The van der Waals surface area contributed by atoms with Gasteiger partial charge in [0.15, 0.2) is 11.4 Å². The highest BCUT2D eigenvalue weighted by molar-refractivity contribution is 7.99. The second-order valence-corrected chi connectivity index (χ2v) is 10.2. The Bertz CT molecular complexity index is 1170. The molecule has 1 amide bonds. The number of hydrogen-bond acceptors (Lipinski definition) is 8. The van der Waals surface area contributed by atoms with Gasteiger partial charge in [0.2, 0.25) is 5.91 Å². The lowest BCUT2D eigenvalue weighted by Crippen LogP contribution is -2.38. The molecule has 10 nitrogen and oxygen atoms in total. The van der Waals surface area contributed by atoms with Gasteiger partial charge in [0, 0.05) is 36.6 Å². The Labute approximate surface area is 225 Å². The number of amides is 1. The van der Waals surface area contributed by atoms with E-state index in [1.807, 2.05) is 48.5 Å². The van der Waals surface area contributed by atoms with E-state index in [1.165, 1.54) is 6.33 Å².